The second kappa shape index (κ2) is 9.93. The number of hydrogen-bond donors (Lipinski definition) is 4. The van der Waals surface area contributed by atoms with Gasteiger partial charge in [-0.05, 0) is 37.1 Å². The van der Waals surface area contributed by atoms with Crippen LogP contribution in [0.5, 0.6) is 0 Å². The molecule has 30 heavy (non-hydrogen) atoms. The molecule has 0 aliphatic carbocycles. The fourth-order valence-electron chi connectivity index (χ4n) is 3.18. The van der Waals surface area contributed by atoms with Gasteiger partial charge in [-0.1, -0.05) is 31.0 Å². The number of fused-ring (bicyclic) bond motifs is 1. The quantitative estimate of drug-likeness (QED) is 0.242. The number of nitrogens with zero attached hydrogens (tertiary/aromatic N) is 1. The Morgan fingerprint density at radius 3 is 2.57 bits per heavy atom. The molecule has 0 spiro atoms. The molecule has 0 fully saturated rings. The smallest absolute Gasteiger partial charge is 0.251 e. The molecule has 9 heteroatoms. The van der Waals surface area contributed by atoms with Crippen LogP contribution >= 0.6 is 0 Å². The molecule has 0 saturated heterocycles. The first-order valence-electron chi connectivity index (χ1n) is 9.62. The molecule has 4 N–H and O–H groups in total. The Labute approximate surface area is 171 Å². The number of carbonyl (C=O) groups is 2. The number of benzene rings is 2. The number of aromatic amines is 1. The minimum atomic E-state index is -1.04. The van der Waals surface area contributed by atoms with E-state index in [4.69, 9.17) is 5.21 Å². The van der Waals surface area contributed by atoms with Crippen molar-refractivity contribution in [2.24, 2.45) is 0 Å². The van der Waals surface area contributed by atoms with Crippen LogP contribution in [0.3, 0.4) is 0 Å². The number of nitrogens with one attached hydrogen (secondary N) is 3. The lowest BCUT2D eigenvalue weighted by atomic mass is 10.1. The molecule has 0 aliphatic heterocycles. The first-order valence-corrected chi connectivity index (χ1v) is 9.62. The number of halogens is 2. The normalized spacial score (nSPS) is 12.0. The number of aromatic nitrogens is 2. The molecule has 1 heterocycles. The highest BCUT2D eigenvalue weighted by atomic mass is 19.2. The topological polar surface area (TPSA) is 107 Å². The van der Waals surface area contributed by atoms with Crippen molar-refractivity contribution in [3.05, 3.63) is 65.5 Å². The van der Waals surface area contributed by atoms with Gasteiger partial charge in [-0.2, -0.15) is 0 Å². The molecule has 2 aromatic carbocycles. The van der Waals surface area contributed by atoms with Gasteiger partial charge in [-0.3, -0.25) is 14.8 Å². The summed E-state index contributed by atoms with van der Waals surface area (Å²) in [5.41, 5.74) is 2.26. The molecule has 0 radical (unpaired) electrons. The zero-order chi connectivity index (χ0) is 21.5. The van der Waals surface area contributed by atoms with Gasteiger partial charge in [0.1, 0.15) is 11.3 Å². The standard InChI is InChI=1S/C21H22F2N4O3/c22-14-11-12-15-19(18(14)23)26-20(24-15)16(9-5-2-6-10-17(28)27-30)25-21(29)13-7-3-1-4-8-13/h1,3-4,7-8,11-12,16,30H,2,5-6,9-10H2,(H,24,26)(H,25,29)(H,27,28)/t16-/m0/s1. The van der Waals surface area contributed by atoms with Crippen LogP contribution in [0.2, 0.25) is 0 Å². The van der Waals surface area contributed by atoms with Crippen molar-refractivity contribution in [2.45, 2.75) is 38.1 Å². The SMILES string of the molecule is O=C(CCCCC[C@H](NC(=O)c1ccccc1)c1nc2c(F)c(F)ccc2[nH]1)NO. The Kier molecular flexibility index (Phi) is 7.08. The van der Waals surface area contributed by atoms with Crippen molar-refractivity contribution < 1.29 is 23.6 Å². The van der Waals surface area contributed by atoms with E-state index in [1.54, 1.807) is 35.8 Å². The van der Waals surface area contributed by atoms with Gasteiger partial charge in [0, 0.05) is 12.0 Å². The maximum atomic E-state index is 14.1. The Balaban J connectivity index is 1.76. The molecule has 3 aromatic rings. The Bertz CT molecular complexity index is 1020. The summed E-state index contributed by atoms with van der Waals surface area (Å²) in [5, 5.41) is 11.4. The van der Waals surface area contributed by atoms with Crippen LogP contribution in [-0.2, 0) is 4.79 Å². The zero-order valence-corrected chi connectivity index (χ0v) is 16.1. The van der Waals surface area contributed by atoms with Crippen molar-refractivity contribution >= 4 is 22.8 Å². The fraction of sp³-hybridized carbons (Fsp3) is 0.286. The van der Waals surface area contributed by atoms with Crippen molar-refractivity contribution in [3.63, 3.8) is 0 Å². The Morgan fingerprint density at radius 2 is 1.83 bits per heavy atom. The van der Waals surface area contributed by atoms with Gasteiger partial charge in [0.2, 0.25) is 5.91 Å². The summed E-state index contributed by atoms with van der Waals surface area (Å²) in [6, 6.07) is 10.5. The summed E-state index contributed by atoms with van der Waals surface area (Å²) in [6.45, 7) is 0. The van der Waals surface area contributed by atoms with Crippen LogP contribution in [0, 0.1) is 11.6 Å². The van der Waals surface area contributed by atoms with Crippen LogP contribution in [-0.4, -0.2) is 27.0 Å². The second-order valence-electron chi connectivity index (χ2n) is 6.91. The van der Waals surface area contributed by atoms with Gasteiger partial charge in [-0.25, -0.2) is 19.2 Å². The second-order valence-corrected chi connectivity index (χ2v) is 6.91. The third kappa shape index (κ3) is 5.18. The maximum Gasteiger partial charge on any atom is 0.251 e. The van der Waals surface area contributed by atoms with Gasteiger partial charge in [0.05, 0.1) is 11.6 Å². The van der Waals surface area contributed by atoms with E-state index in [2.05, 4.69) is 15.3 Å². The highest BCUT2D eigenvalue weighted by Gasteiger charge is 2.21. The maximum absolute atomic E-state index is 14.1. The van der Waals surface area contributed by atoms with E-state index in [1.165, 1.54) is 6.07 Å². The number of H-pyrrole nitrogens is 1. The molecule has 1 aromatic heterocycles. The minimum Gasteiger partial charge on any atom is -0.342 e. The summed E-state index contributed by atoms with van der Waals surface area (Å²) in [4.78, 5) is 30.8. The molecular weight excluding hydrogens is 394 g/mol. The predicted octanol–water partition coefficient (Wildman–Crippen LogP) is 3.77. The van der Waals surface area contributed by atoms with E-state index in [9.17, 15) is 18.4 Å². The van der Waals surface area contributed by atoms with Crippen LogP contribution in [0.1, 0.15) is 54.3 Å². The summed E-state index contributed by atoms with van der Waals surface area (Å²) in [5.74, 6) is -2.48. The van der Waals surface area contributed by atoms with E-state index in [-0.39, 0.29) is 17.8 Å². The number of hydrogen-bond acceptors (Lipinski definition) is 4. The molecule has 7 nitrogen and oxygen atoms in total. The summed E-state index contributed by atoms with van der Waals surface area (Å²) >= 11 is 0. The average Bonchev–Trinajstić information content (AvgIpc) is 3.20. The lowest BCUT2D eigenvalue weighted by Gasteiger charge is -2.17. The van der Waals surface area contributed by atoms with Gasteiger partial charge in [0.15, 0.2) is 11.6 Å². The van der Waals surface area contributed by atoms with Crippen molar-refractivity contribution in [1.82, 2.24) is 20.8 Å². The summed E-state index contributed by atoms with van der Waals surface area (Å²) in [6.07, 6.45) is 2.54. The van der Waals surface area contributed by atoms with E-state index in [1.807, 2.05) is 0 Å². The molecule has 0 bridgehead atoms. The number of rotatable bonds is 9. The Morgan fingerprint density at radius 1 is 1.07 bits per heavy atom. The molecule has 0 aliphatic rings. The van der Waals surface area contributed by atoms with Gasteiger partial charge in [-0.15, -0.1) is 0 Å². The van der Waals surface area contributed by atoms with E-state index in [0.29, 0.717) is 42.6 Å². The summed E-state index contributed by atoms with van der Waals surface area (Å²) < 4.78 is 27.6. The van der Waals surface area contributed by atoms with E-state index < -0.39 is 23.6 Å². The molecule has 0 saturated carbocycles. The largest absolute Gasteiger partial charge is 0.342 e. The molecule has 2 amide bonds. The van der Waals surface area contributed by atoms with Crippen LogP contribution in [0.4, 0.5) is 8.78 Å². The van der Waals surface area contributed by atoms with E-state index in [0.717, 1.165) is 6.07 Å². The fourth-order valence-corrected chi connectivity index (χ4v) is 3.18. The van der Waals surface area contributed by atoms with Crippen LogP contribution < -0.4 is 10.8 Å². The predicted molar refractivity (Wildman–Crippen MR) is 106 cm³/mol. The lowest BCUT2D eigenvalue weighted by molar-refractivity contribution is -0.129. The van der Waals surface area contributed by atoms with Crippen molar-refractivity contribution in [1.29, 1.82) is 0 Å². The molecule has 3 rings (SSSR count). The Hall–Kier alpha value is -3.33. The number of hydroxylamine groups is 1. The van der Waals surface area contributed by atoms with Crippen molar-refractivity contribution in [3.8, 4) is 0 Å². The lowest BCUT2D eigenvalue weighted by Crippen LogP contribution is -2.29. The minimum absolute atomic E-state index is 0.122. The van der Waals surface area contributed by atoms with E-state index >= 15 is 0 Å². The van der Waals surface area contributed by atoms with Gasteiger partial charge < -0.3 is 10.3 Å². The number of carbonyl (C=O) groups excluding carboxylic acids is 2. The zero-order valence-electron chi connectivity index (χ0n) is 16.1. The monoisotopic (exact) mass is 416 g/mol. The highest BCUT2D eigenvalue weighted by molar-refractivity contribution is 5.94. The highest BCUT2D eigenvalue weighted by Crippen LogP contribution is 2.24. The van der Waals surface area contributed by atoms with Gasteiger partial charge >= 0.3 is 0 Å². The third-order valence-electron chi connectivity index (χ3n) is 4.76. The first-order chi connectivity index (χ1) is 14.5. The first kappa shape index (κ1) is 21.4. The van der Waals surface area contributed by atoms with Gasteiger partial charge in [0.25, 0.3) is 5.91 Å². The summed E-state index contributed by atoms with van der Waals surface area (Å²) in [7, 11) is 0. The molecule has 158 valence electrons. The molecule has 0 unspecified atom stereocenters. The van der Waals surface area contributed by atoms with Crippen LogP contribution in [0.25, 0.3) is 11.0 Å². The number of imidazole rings is 1. The van der Waals surface area contributed by atoms with Crippen molar-refractivity contribution in [2.75, 3.05) is 0 Å². The van der Waals surface area contributed by atoms with Crippen LogP contribution in [0.15, 0.2) is 42.5 Å². The number of unbranched alkanes of at least 4 members (excludes halogenated alkanes) is 2. The molecular formula is C21H22F2N4O3. The average molecular weight is 416 g/mol. The third-order valence-corrected chi connectivity index (χ3v) is 4.76. The number of amides is 2. The molecule has 1 atom stereocenters.